The van der Waals surface area contributed by atoms with Crippen molar-refractivity contribution in [3.63, 3.8) is 0 Å². The van der Waals surface area contributed by atoms with Crippen LogP contribution in [-0.2, 0) is 4.74 Å². The highest BCUT2D eigenvalue weighted by Gasteiger charge is 2.13. The summed E-state index contributed by atoms with van der Waals surface area (Å²) in [4.78, 5) is 5.83. The molecule has 0 aliphatic heterocycles. The van der Waals surface area contributed by atoms with Gasteiger partial charge in [0.1, 0.15) is 0 Å². The normalized spacial score (nSPS) is 15.3. The fraction of sp³-hybridized carbons (Fsp3) is 0.727. The summed E-state index contributed by atoms with van der Waals surface area (Å²) >= 11 is 1.76. The monoisotopic (exact) mass is 228 g/mol. The molecule has 0 fully saturated rings. The quantitative estimate of drug-likeness (QED) is 0.840. The Morgan fingerprint density at radius 1 is 1.40 bits per heavy atom. The van der Waals surface area contributed by atoms with E-state index in [4.69, 9.17) is 4.74 Å². The molecule has 0 saturated heterocycles. The third kappa shape index (κ3) is 3.55. The van der Waals surface area contributed by atoms with Gasteiger partial charge >= 0.3 is 0 Å². The molecule has 0 spiro atoms. The van der Waals surface area contributed by atoms with E-state index in [1.807, 2.05) is 6.92 Å². The summed E-state index contributed by atoms with van der Waals surface area (Å²) in [5, 5.41) is 4.56. The van der Waals surface area contributed by atoms with Gasteiger partial charge in [0.2, 0.25) is 0 Å². The number of methoxy groups -OCH3 is 1. The number of aromatic nitrogens is 1. The molecule has 2 unspecified atom stereocenters. The smallest absolute Gasteiger partial charge is 0.0900 e. The predicted molar refractivity (Wildman–Crippen MR) is 64.5 cm³/mol. The molecule has 0 saturated carbocycles. The average molecular weight is 228 g/mol. The van der Waals surface area contributed by atoms with E-state index >= 15 is 0 Å². The highest BCUT2D eigenvalue weighted by Crippen LogP contribution is 2.22. The zero-order chi connectivity index (χ0) is 11.4. The first-order valence-corrected chi connectivity index (χ1v) is 6.06. The van der Waals surface area contributed by atoms with Crippen LogP contribution >= 0.6 is 11.3 Å². The van der Waals surface area contributed by atoms with Gasteiger partial charge in [0, 0.05) is 24.6 Å². The molecule has 0 bridgehead atoms. The number of aryl methyl sites for hydroxylation is 2. The van der Waals surface area contributed by atoms with Gasteiger partial charge in [-0.05, 0) is 27.7 Å². The van der Waals surface area contributed by atoms with Gasteiger partial charge < -0.3 is 10.1 Å². The van der Waals surface area contributed by atoms with Crippen molar-refractivity contribution in [2.45, 2.75) is 39.8 Å². The molecule has 0 aliphatic rings. The van der Waals surface area contributed by atoms with E-state index in [0.29, 0.717) is 6.04 Å². The van der Waals surface area contributed by atoms with E-state index in [9.17, 15) is 0 Å². The molecule has 1 aromatic heterocycles. The third-order valence-corrected chi connectivity index (χ3v) is 3.37. The van der Waals surface area contributed by atoms with Crippen LogP contribution in [0.15, 0.2) is 0 Å². The second-order valence-electron chi connectivity index (χ2n) is 3.85. The number of ether oxygens (including phenoxy) is 1. The summed E-state index contributed by atoms with van der Waals surface area (Å²) in [6, 6.07) is 0.299. The minimum absolute atomic E-state index is 0.243. The molecule has 15 heavy (non-hydrogen) atoms. The van der Waals surface area contributed by atoms with Gasteiger partial charge in [0.05, 0.1) is 16.8 Å². The van der Waals surface area contributed by atoms with Crippen LogP contribution in [-0.4, -0.2) is 24.7 Å². The molecule has 1 rings (SSSR count). The van der Waals surface area contributed by atoms with Gasteiger partial charge in [-0.1, -0.05) is 0 Å². The van der Waals surface area contributed by atoms with E-state index in [2.05, 4.69) is 31.1 Å². The zero-order valence-electron chi connectivity index (χ0n) is 10.1. The fourth-order valence-electron chi connectivity index (χ4n) is 1.47. The highest BCUT2D eigenvalue weighted by molar-refractivity contribution is 7.11. The zero-order valence-corrected chi connectivity index (χ0v) is 10.9. The van der Waals surface area contributed by atoms with Crippen molar-refractivity contribution in [2.75, 3.05) is 13.7 Å². The van der Waals surface area contributed by atoms with Crippen molar-refractivity contribution >= 4 is 11.3 Å². The first-order chi connectivity index (χ1) is 7.04. The predicted octanol–water partition coefficient (Wildman–Crippen LogP) is 2.45. The number of nitrogens with one attached hydrogen (secondary N) is 1. The Morgan fingerprint density at radius 3 is 2.53 bits per heavy atom. The summed E-state index contributed by atoms with van der Waals surface area (Å²) in [7, 11) is 1.73. The van der Waals surface area contributed by atoms with Gasteiger partial charge in [-0.2, -0.15) is 0 Å². The van der Waals surface area contributed by atoms with Crippen molar-refractivity contribution < 1.29 is 4.74 Å². The first-order valence-electron chi connectivity index (χ1n) is 5.24. The largest absolute Gasteiger partial charge is 0.380 e. The number of hydrogen-bond donors (Lipinski definition) is 1. The van der Waals surface area contributed by atoms with Crippen molar-refractivity contribution in [3.8, 4) is 0 Å². The minimum atomic E-state index is 0.243. The Bertz CT molecular complexity index is 312. The van der Waals surface area contributed by atoms with Gasteiger partial charge in [-0.3, -0.25) is 0 Å². The fourth-order valence-corrected chi connectivity index (χ4v) is 2.38. The first kappa shape index (κ1) is 12.6. The van der Waals surface area contributed by atoms with Gasteiger partial charge in [-0.25, -0.2) is 4.98 Å². The molecule has 1 N–H and O–H groups in total. The number of hydrogen-bond acceptors (Lipinski definition) is 4. The number of nitrogens with zero attached hydrogens (tertiary/aromatic N) is 1. The van der Waals surface area contributed by atoms with E-state index in [-0.39, 0.29) is 6.10 Å². The van der Waals surface area contributed by atoms with Crippen LogP contribution < -0.4 is 5.32 Å². The van der Waals surface area contributed by atoms with Crippen LogP contribution in [0.2, 0.25) is 0 Å². The second kappa shape index (κ2) is 5.58. The lowest BCUT2D eigenvalue weighted by Gasteiger charge is -2.16. The van der Waals surface area contributed by atoms with Crippen LogP contribution in [0.3, 0.4) is 0 Å². The van der Waals surface area contributed by atoms with Crippen molar-refractivity contribution in [1.82, 2.24) is 10.3 Å². The third-order valence-electron chi connectivity index (χ3n) is 2.46. The molecular weight excluding hydrogens is 208 g/mol. The molecule has 0 aromatic carbocycles. The molecule has 3 nitrogen and oxygen atoms in total. The molecule has 0 aliphatic carbocycles. The number of rotatable bonds is 5. The molecule has 4 heteroatoms. The van der Waals surface area contributed by atoms with Crippen LogP contribution in [0.4, 0.5) is 0 Å². The standard InChI is InChI=1S/C11H20N2OS/c1-7(14-5)6-12-8(2)11-9(3)15-10(4)13-11/h7-8,12H,6H2,1-5H3. The van der Waals surface area contributed by atoms with E-state index < -0.39 is 0 Å². The maximum Gasteiger partial charge on any atom is 0.0900 e. The Kier molecular flexibility index (Phi) is 4.70. The highest BCUT2D eigenvalue weighted by atomic mass is 32.1. The SMILES string of the molecule is COC(C)CNC(C)c1nc(C)sc1C. The Morgan fingerprint density at radius 2 is 2.07 bits per heavy atom. The molecule has 1 heterocycles. The maximum absolute atomic E-state index is 5.19. The lowest BCUT2D eigenvalue weighted by molar-refractivity contribution is 0.114. The van der Waals surface area contributed by atoms with Gasteiger partial charge in [0.25, 0.3) is 0 Å². The van der Waals surface area contributed by atoms with Gasteiger partial charge in [0.15, 0.2) is 0 Å². The minimum Gasteiger partial charge on any atom is -0.380 e. The Hall–Kier alpha value is -0.450. The summed E-state index contributed by atoms with van der Waals surface area (Å²) in [5.74, 6) is 0. The maximum atomic E-state index is 5.19. The van der Waals surface area contributed by atoms with E-state index in [0.717, 1.165) is 11.6 Å². The van der Waals surface area contributed by atoms with Crippen LogP contribution in [0.25, 0.3) is 0 Å². The van der Waals surface area contributed by atoms with Crippen molar-refractivity contribution in [1.29, 1.82) is 0 Å². The van der Waals surface area contributed by atoms with Crippen molar-refractivity contribution in [2.24, 2.45) is 0 Å². The van der Waals surface area contributed by atoms with E-state index in [1.165, 1.54) is 10.6 Å². The van der Waals surface area contributed by atoms with Crippen LogP contribution in [0.5, 0.6) is 0 Å². The Balaban J connectivity index is 2.53. The lowest BCUT2D eigenvalue weighted by Crippen LogP contribution is -2.28. The molecular formula is C11H20N2OS. The van der Waals surface area contributed by atoms with E-state index in [1.54, 1.807) is 18.4 Å². The molecule has 0 radical (unpaired) electrons. The molecule has 2 atom stereocenters. The second-order valence-corrected chi connectivity index (χ2v) is 5.26. The van der Waals surface area contributed by atoms with Crippen LogP contribution in [0, 0.1) is 13.8 Å². The summed E-state index contributed by atoms with van der Waals surface area (Å²) in [6.45, 7) is 9.22. The summed E-state index contributed by atoms with van der Waals surface area (Å²) in [5.41, 5.74) is 1.17. The number of thiazole rings is 1. The molecule has 86 valence electrons. The van der Waals surface area contributed by atoms with Crippen molar-refractivity contribution in [3.05, 3.63) is 15.6 Å². The summed E-state index contributed by atoms with van der Waals surface area (Å²) < 4.78 is 5.19. The molecule has 1 aromatic rings. The topological polar surface area (TPSA) is 34.1 Å². The van der Waals surface area contributed by atoms with Gasteiger partial charge in [-0.15, -0.1) is 11.3 Å². The molecule has 0 amide bonds. The van der Waals surface area contributed by atoms with Crippen LogP contribution in [0.1, 0.15) is 35.5 Å². The lowest BCUT2D eigenvalue weighted by atomic mass is 10.2. The summed E-state index contributed by atoms with van der Waals surface area (Å²) in [6.07, 6.45) is 0.243. The Labute approximate surface area is 95.9 Å². The average Bonchev–Trinajstić information content (AvgIpc) is 2.53.